The van der Waals surface area contributed by atoms with Gasteiger partial charge in [-0.25, -0.2) is 0 Å². The van der Waals surface area contributed by atoms with E-state index in [1.165, 1.54) is 0 Å². The molecule has 100 valence electrons. The quantitative estimate of drug-likeness (QED) is 0.862. The summed E-state index contributed by atoms with van der Waals surface area (Å²) in [6.07, 6.45) is 0. The lowest BCUT2D eigenvalue weighted by atomic mass is 10.3. The Hall–Kier alpha value is -1.81. The Kier molecular flexibility index (Phi) is 4.22. The van der Waals surface area contributed by atoms with Crippen LogP contribution in [0.25, 0.3) is 0 Å². The van der Waals surface area contributed by atoms with Gasteiger partial charge in [0.25, 0.3) is 5.91 Å². The largest absolute Gasteiger partial charge is 0.440 e. The van der Waals surface area contributed by atoms with Gasteiger partial charge in [-0.05, 0) is 49.7 Å². The van der Waals surface area contributed by atoms with Crippen molar-refractivity contribution in [3.05, 3.63) is 52.7 Å². The van der Waals surface area contributed by atoms with Gasteiger partial charge in [0.2, 0.25) is 0 Å². The summed E-state index contributed by atoms with van der Waals surface area (Å²) in [6.45, 7) is 4.87. The maximum Gasteiger partial charge on any atom is 0.289 e. The van der Waals surface area contributed by atoms with Crippen LogP contribution in [0, 0.1) is 6.92 Å². The fourth-order valence-electron chi connectivity index (χ4n) is 1.80. The van der Waals surface area contributed by atoms with Gasteiger partial charge in [0.15, 0.2) is 11.0 Å². The molecule has 1 amide bonds. The number of furan rings is 1. The van der Waals surface area contributed by atoms with Crippen molar-refractivity contribution in [2.75, 3.05) is 6.54 Å². The van der Waals surface area contributed by atoms with Gasteiger partial charge in [0.1, 0.15) is 0 Å². The Morgan fingerprint density at radius 2 is 2.16 bits per heavy atom. The lowest BCUT2D eigenvalue weighted by Crippen LogP contribution is -2.30. The van der Waals surface area contributed by atoms with Gasteiger partial charge in [-0.2, -0.15) is 0 Å². The highest BCUT2D eigenvalue weighted by Crippen LogP contribution is 2.16. The van der Waals surface area contributed by atoms with Crippen molar-refractivity contribution >= 4 is 17.5 Å². The van der Waals surface area contributed by atoms with E-state index in [9.17, 15) is 4.79 Å². The lowest BCUT2D eigenvalue weighted by molar-refractivity contribution is 0.0718. The molecule has 4 nitrogen and oxygen atoms in total. The van der Waals surface area contributed by atoms with E-state index in [4.69, 9.17) is 16.0 Å². The Balaban J connectivity index is 2.14. The van der Waals surface area contributed by atoms with Gasteiger partial charge >= 0.3 is 0 Å². The Labute approximate surface area is 117 Å². The zero-order valence-corrected chi connectivity index (χ0v) is 11.6. The standard InChI is InChI=1S/C14H15ClN2O2/c1-3-17(9-11-6-4-5-10(2)16-11)14(18)12-7-8-13(15)19-12/h4-8H,3,9H2,1-2H3. The van der Waals surface area contributed by atoms with E-state index in [1.54, 1.807) is 17.0 Å². The molecule has 0 bridgehead atoms. The van der Waals surface area contributed by atoms with Crippen molar-refractivity contribution in [1.29, 1.82) is 0 Å². The predicted octanol–water partition coefficient (Wildman–Crippen LogP) is 3.30. The smallest absolute Gasteiger partial charge is 0.289 e. The van der Waals surface area contributed by atoms with Crippen LogP contribution in [0.2, 0.25) is 5.22 Å². The summed E-state index contributed by atoms with van der Waals surface area (Å²) in [5, 5.41) is 0.216. The molecule has 2 heterocycles. The second-order valence-corrected chi connectivity index (χ2v) is 4.57. The molecule has 5 heteroatoms. The van der Waals surface area contributed by atoms with Crippen LogP contribution in [0.15, 0.2) is 34.7 Å². The molecule has 0 unspecified atom stereocenters. The third-order valence-electron chi connectivity index (χ3n) is 2.75. The Bertz CT molecular complexity index is 580. The summed E-state index contributed by atoms with van der Waals surface area (Å²) >= 11 is 5.68. The minimum atomic E-state index is -0.183. The second kappa shape index (κ2) is 5.89. The maximum atomic E-state index is 12.2. The van der Waals surface area contributed by atoms with E-state index < -0.39 is 0 Å². The van der Waals surface area contributed by atoms with Crippen molar-refractivity contribution in [3.63, 3.8) is 0 Å². The molecule has 0 aromatic carbocycles. The van der Waals surface area contributed by atoms with Crippen LogP contribution >= 0.6 is 11.6 Å². The number of rotatable bonds is 4. The number of aromatic nitrogens is 1. The molecule has 0 aliphatic rings. The molecule has 0 fully saturated rings. The molecule has 0 spiro atoms. The second-order valence-electron chi connectivity index (χ2n) is 4.19. The van der Waals surface area contributed by atoms with Crippen molar-refractivity contribution < 1.29 is 9.21 Å². The first kappa shape index (κ1) is 13.6. The number of amides is 1. The molecule has 0 radical (unpaired) electrons. The molecule has 0 saturated carbocycles. The Morgan fingerprint density at radius 3 is 2.74 bits per heavy atom. The number of hydrogen-bond acceptors (Lipinski definition) is 3. The average molecular weight is 279 g/mol. The van der Waals surface area contributed by atoms with Crippen LogP contribution < -0.4 is 0 Å². The summed E-state index contributed by atoms with van der Waals surface area (Å²) in [7, 11) is 0. The molecule has 0 atom stereocenters. The minimum absolute atomic E-state index is 0.183. The summed E-state index contributed by atoms with van der Waals surface area (Å²) in [5.41, 5.74) is 1.79. The van der Waals surface area contributed by atoms with E-state index in [0.29, 0.717) is 13.1 Å². The maximum absolute atomic E-state index is 12.2. The van der Waals surface area contributed by atoms with E-state index in [0.717, 1.165) is 11.4 Å². The first-order valence-corrected chi connectivity index (χ1v) is 6.45. The fourth-order valence-corrected chi connectivity index (χ4v) is 1.94. The van der Waals surface area contributed by atoms with Gasteiger partial charge in [0, 0.05) is 12.2 Å². The third kappa shape index (κ3) is 3.35. The Morgan fingerprint density at radius 1 is 1.37 bits per heavy atom. The zero-order valence-electron chi connectivity index (χ0n) is 10.9. The van der Waals surface area contributed by atoms with Crippen LogP contribution in [0.4, 0.5) is 0 Å². The predicted molar refractivity (Wildman–Crippen MR) is 73.1 cm³/mol. The minimum Gasteiger partial charge on any atom is -0.440 e. The lowest BCUT2D eigenvalue weighted by Gasteiger charge is -2.19. The van der Waals surface area contributed by atoms with Gasteiger partial charge < -0.3 is 9.32 Å². The first-order chi connectivity index (χ1) is 9.10. The van der Waals surface area contributed by atoms with E-state index in [-0.39, 0.29) is 16.9 Å². The van der Waals surface area contributed by atoms with Crippen LogP contribution in [-0.4, -0.2) is 22.3 Å². The monoisotopic (exact) mass is 278 g/mol. The molecule has 0 N–H and O–H groups in total. The number of halogens is 1. The fraction of sp³-hybridized carbons (Fsp3) is 0.286. The third-order valence-corrected chi connectivity index (χ3v) is 2.95. The van der Waals surface area contributed by atoms with Crippen LogP contribution in [0.5, 0.6) is 0 Å². The zero-order chi connectivity index (χ0) is 13.8. The van der Waals surface area contributed by atoms with Crippen LogP contribution in [0.1, 0.15) is 28.9 Å². The highest BCUT2D eigenvalue weighted by Gasteiger charge is 2.18. The molecule has 2 aromatic rings. The number of aryl methyl sites for hydroxylation is 1. The summed E-state index contributed by atoms with van der Waals surface area (Å²) in [5.74, 6) is 0.0669. The summed E-state index contributed by atoms with van der Waals surface area (Å²) in [4.78, 5) is 18.3. The molecular formula is C14H15ClN2O2. The van der Waals surface area contributed by atoms with E-state index >= 15 is 0 Å². The van der Waals surface area contributed by atoms with Crippen molar-refractivity contribution in [3.8, 4) is 0 Å². The normalized spacial score (nSPS) is 10.5. The topological polar surface area (TPSA) is 46.3 Å². The molecular weight excluding hydrogens is 264 g/mol. The first-order valence-electron chi connectivity index (χ1n) is 6.07. The van der Waals surface area contributed by atoms with Crippen LogP contribution in [0.3, 0.4) is 0 Å². The summed E-state index contributed by atoms with van der Waals surface area (Å²) in [6, 6.07) is 8.90. The van der Waals surface area contributed by atoms with E-state index in [1.807, 2.05) is 32.0 Å². The average Bonchev–Trinajstić information content (AvgIpc) is 2.82. The van der Waals surface area contributed by atoms with Crippen molar-refractivity contribution in [2.24, 2.45) is 0 Å². The molecule has 19 heavy (non-hydrogen) atoms. The SMILES string of the molecule is CCN(Cc1cccc(C)n1)C(=O)c1ccc(Cl)o1. The molecule has 0 saturated heterocycles. The van der Waals surface area contributed by atoms with Gasteiger partial charge in [-0.1, -0.05) is 6.07 Å². The number of hydrogen-bond donors (Lipinski definition) is 0. The van der Waals surface area contributed by atoms with Gasteiger partial charge in [-0.3, -0.25) is 9.78 Å². The van der Waals surface area contributed by atoms with Gasteiger partial charge in [0.05, 0.1) is 12.2 Å². The van der Waals surface area contributed by atoms with Crippen molar-refractivity contribution in [2.45, 2.75) is 20.4 Å². The number of nitrogens with zero attached hydrogens (tertiary/aromatic N) is 2. The molecule has 2 aromatic heterocycles. The van der Waals surface area contributed by atoms with E-state index in [2.05, 4.69) is 4.98 Å². The van der Waals surface area contributed by atoms with Crippen molar-refractivity contribution in [1.82, 2.24) is 9.88 Å². The number of pyridine rings is 1. The summed E-state index contributed by atoms with van der Waals surface area (Å²) < 4.78 is 5.14. The number of carbonyl (C=O) groups excluding carboxylic acids is 1. The number of carbonyl (C=O) groups is 1. The molecule has 0 aliphatic carbocycles. The molecule has 0 aliphatic heterocycles. The van der Waals surface area contributed by atoms with Crippen LogP contribution in [-0.2, 0) is 6.54 Å². The van der Waals surface area contributed by atoms with Gasteiger partial charge in [-0.15, -0.1) is 0 Å². The highest BCUT2D eigenvalue weighted by atomic mass is 35.5. The molecule has 2 rings (SSSR count). The highest BCUT2D eigenvalue weighted by molar-refractivity contribution is 6.29.